The number of hydrogen-bond donors (Lipinski definition) is 2. The van der Waals surface area contributed by atoms with Crippen LogP contribution in [-0.2, 0) is 16.0 Å². The van der Waals surface area contributed by atoms with Crippen molar-refractivity contribution >= 4 is 35.0 Å². The second-order valence-electron chi connectivity index (χ2n) is 6.08. The molecule has 0 radical (unpaired) electrons. The number of ether oxygens (including phenoxy) is 1. The van der Waals surface area contributed by atoms with Crippen LogP contribution in [-0.4, -0.2) is 23.4 Å². The number of aromatic nitrogens is 1. The van der Waals surface area contributed by atoms with Crippen LogP contribution in [0.1, 0.15) is 12.3 Å². The van der Waals surface area contributed by atoms with Crippen molar-refractivity contribution in [2.24, 2.45) is 0 Å². The zero-order valence-corrected chi connectivity index (χ0v) is 17.0. The molecule has 10 heteroatoms. The molecule has 2 aromatic carbocycles. The lowest BCUT2D eigenvalue weighted by Crippen LogP contribution is -2.43. The summed E-state index contributed by atoms with van der Waals surface area (Å²) in [7, 11) is 0. The first kappa shape index (κ1) is 21.6. The number of halogens is 3. The molecule has 0 saturated carbocycles. The van der Waals surface area contributed by atoms with Crippen LogP contribution in [0.25, 0.3) is 11.3 Å². The van der Waals surface area contributed by atoms with Gasteiger partial charge in [0, 0.05) is 23.4 Å². The van der Waals surface area contributed by atoms with Gasteiger partial charge in [-0.2, -0.15) is 0 Å². The van der Waals surface area contributed by atoms with E-state index in [-0.39, 0.29) is 19.4 Å². The van der Waals surface area contributed by atoms with Crippen LogP contribution < -0.4 is 15.6 Å². The number of hydrazine groups is 1. The van der Waals surface area contributed by atoms with E-state index in [4.69, 9.17) is 32.4 Å². The molecule has 3 aromatic rings. The molecular weight excluding hydrogens is 436 g/mol. The summed E-state index contributed by atoms with van der Waals surface area (Å²) in [6, 6.07) is 10.2. The van der Waals surface area contributed by atoms with Crippen LogP contribution in [0.3, 0.4) is 0 Å². The van der Waals surface area contributed by atoms with E-state index in [9.17, 15) is 14.0 Å². The average Bonchev–Trinajstić information content (AvgIpc) is 3.19. The van der Waals surface area contributed by atoms with Gasteiger partial charge in [0.25, 0.3) is 5.91 Å². The molecule has 156 valence electrons. The molecule has 0 saturated heterocycles. The smallest absolute Gasteiger partial charge is 0.276 e. The summed E-state index contributed by atoms with van der Waals surface area (Å²) in [4.78, 5) is 27.7. The number of carbonyl (C=O) groups is 2. The maximum atomic E-state index is 12.8. The number of nitrogens with one attached hydrogen (secondary N) is 2. The second-order valence-corrected chi connectivity index (χ2v) is 6.93. The maximum Gasteiger partial charge on any atom is 0.276 e. The van der Waals surface area contributed by atoms with Crippen LogP contribution in [0.2, 0.25) is 10.0 Å². The number of aryl methyl sites for hydroxylation is 1. The highest BCUT2D eigenvalue weighted by Gasteiger charge is 2.12. The molecule has 7 nitrogen and oxygen atoms in total. The Morgan fingerprint density at radius 3 is 2.53 bits per heavy atom. The topological polar surface area (TPSA) is 93.5 Å². The first-order chi connectivity index (χ1) is 14.4. The Kier molecular flexibility index (Phi) is 7.26. The van der Waals surface area contributed by atoms with E-state index >= 15 is 0 Å². The number of carbonyl (C=O) groups excluding carboxylic acids is 2. The molecular formula is C20H16Cl2FN3O4. The summed E-state index contributed by atoms with van der Waals surface area (Å²) < 4.78 is 23.6. The second kappa shape index (κ2) is 10.1. The van der Waals surface area contributed by atoms with Gasteiger partial charge in [0.15, 0.2) is 18.3 Å². The van der Waals surface area contributed by atoms with Crippen molar-refractivity contribution in [1.29, 1.82) is 0 Å². The molecule has 0 spiro atoms. The van der Waals surface area contributed by atoms with E-state index in [0.29, 0.717) is 33.0 Å². The fraction of sp³-hybridized carbons (Fsp3) is 0.150. The van der Waals surface area contributed by atoms with Crippen molar-refractivity contribution in [2.45, 2.75) is 12.8 Å². The summed E-state index contributed by atoms with van der Waals surface area (Å²) in [5.41, 5.74) is 5.13. The number of rotatable bonds is 7. The van der Waals surface area contributed by atoms with E-state index in [1.54, 1.807) is 18.2 Å². The minimum absolute atomic E-state index is 0.0351. The van der Waals surface area contributed by atoms with Crippen LogP contribution in [0.4, 0.5) is 4.39 Å². The van der Waals surface area contributed by atoms with Gasteiger partial charge < -0.3 is 9.15 Å². The third-order valence-electron chi connectivity index (χ3n) is 3.84. The summed E-state index contributed by atoms with van der Waals surface area (Å²) in [5, 5.41) is 0.929. The van der Waals surface area contributed by atoms with Crippen molar-refractivity contribution < 1.29 is 23.1 Å². The first-order valence-electron chi connectivity index (χ1n) is 8.77. The van der Waals surface area contributed by atoms with Crippen LogP contribution in [0.15, 0.2) is 53.1 Å². The van der Waals surface area contributed by atoms with Gasteiger partial charge in [-0.25, -0.2) is 9.37 Å². The summed E-state index contributed by atoms with van der Waals surface area (Å²) in [6.07, 6.45) is 1.77. The van der Waals surface area contributed by atoms with Gasteiger partial charge in [0.05, 0.1) is 11.2 Å². The monoisotopic (exact) mass is 451 g/mol. The third-order valence-corrected chi connectivity index (χ3v) is 4.39. The van der Waals surface area contributed by atoms with Gasteiger partial charge in [-0.1, -0.05) is 23.2 Å². The number of benzene rings is 2. The molecule has 1 aromatic heterocycles. The SMILES string of the molecule is O=C(CCc1ncc(-c2ccc(Cl)cc2Cl)o1)NNC(=O)COc1ccc(F)cc1. The minimum atomic E-state index is -0.566. The van der Waals surface area contributed by atoms with Crippen molar-refractivity contribution in [1.82, 2.24) is 15.8 Å². The third kappa shape index (κ3) is 6.20. The van der Waals surface area contributed by atoms with E-state index in [1.807, 2.05) is 0 Å². The molecule has 0 aliphatic heterocycles. The molecule has 1 heterocycles. The Bertz CT molecular complexity index is 1040. The Morgan fingerprint density at radius 1 is 1.07 bits per heavy atom. The fourth-order valence-electron chi connectivity index (χ4n) is 2.38. The molecule has 30 heavy (non-hydrogen) atoms. The molecule has 3 rings (SSSR count). The number of hydrogen-bond acceptors (Lipinski definition) is 5. The molecule has 0 fully saturated rings. The van der Waals surface area contributed by atoms with Crippen LogP contribution in [0, 0.1) is 5.82 Å². The Morgan fingerprint density at radius 2 is 1.80 bits per heavy atom. The molecule has 0 bridgehead atoms. The van der Waals surface area contributed by atoms with E-state index < -0.39 is 17.6 Å². The Hall–Kier alpha value is -3.10. The number of nitrogens with zero attached hydrogens (tertiary/aromatic N) is 1. The standard InChI is InChI=1S/C20H16Cl2FN3O4/c21-12-1-6-15(16(22)9-12)17-10-24-20(30-17)8-7-18(27)25-26-19(28)11-29-14-4-2-13(23)3-5-14/h1-6,9-10H,7-8,11H2,(H,25,27)(H,26,28). The van der Waals surface area contributed by atoms with Crippen LogP contribution >= 0.6 is 23.2 Å². The van der Waals surface area contributed by atoms with Gasteiger partial charge in [-0.3, -0.25) is 20.4 Å². The van der Waals surface area contributed by atoms with E-state index in [1.165, 1.54) is 30.5 Å². The maximum absolute atomic E-state index is 12.8. The molecule has 2 N–H and O–H groups in total. The largest absolute Gasteiger partial charge is 0.484 e. The molecule has 2 amide bonds. The van der Waals surface area contributed by atoms with Gasteiger partial charge in [0.2, 0.25) is 5.91 Å². The van der Waals surface area contributed by atoms with Crippen LogP contribution in [0.5, 0.6) is 5.75 Å². The zero-order chi connectivity index (χ0) is 21.5. The highest BCUT2D eigenvalue weighted by molar-refractivity contribution is 6.36. The first-order valence-corrected chi connectivity index (χ1v) is 9.52. The number of amides is 2. The molecule has 0 aliphatic carbocycles. The highest BCUT2D eigenvalue weighted by atomic mass is 35.5. The van der Waals surface area contributed by atoms with E-state index in [2.05, 4.69) is 15.8 Å². The summed E-state index contributed by atoms with van der Waals surface area (Å²) in [5.74, 6) is -0.278. The van der Waals surface area contributed by atoms with Gasteiger partial charge in [0.1, 0.15) is 11.6 Å². The fourth-order valence-corrected chi connectivity index (χ4v) is 2.88. The predicted octanol–water partition coefficient (Wildman–Crippen LogP) is 3.95. The zero-order valence-electron chi connectivity index (χ0n) is 15.5. The quantitative estimate of drug-likeness (QED) is 0.530. The Labute approximate surface area is 181 Å². The lowest BCUT2D eigenvalue weighted by molar-refractivity contribution is -0.130. The van der Waals surface area contributed by atoms with Gasteiger partial charge >= 0.3 is 0 Å². The Balaban J connectivity index is 1.41. The predicted molar refractivity (Wildman–Crippen MR) is 108 cm³/mol. The molecule has 0 atom stereocenters. The molecule has 0 aliphatic rings. The lowest BCUT2D eigenvalue weighted by atomic mass is 10.2. The number of oxazole rings is 1. The molecule has 0 unspecified atom stereocenters. The average molecular weight is 452 g/mol. The lowest BCUT2D eigenvalue weighted by Gasteiger charge is -2.08. The minimum Gasteiger partial charge on any atom is -0.484 e. The van der Waals surface area contributed by atoms with E-state index in [0.717, 1.165) is 0 Å². The summed E-state index contributed by atoms with van der Waals surface area (Å²) in [6.45, 7) is -0.336. The highest BCUT2D eigenvalue weighted by Crippen LogP contribution is 2.30. The summed E-state index contributed by atoms with van der Waals surface area (Å²) >= 11 is 12.0. The normalized spacial score (nSPS) is 10.5. The van der Waals surface area contributed by atoms with Gasteiger partial charge in [-0.15, -0.1) is 0 Å². The van der Waals surface area contributed by atoms with Crippen molar-refractivity contribution in [3.63, 3.8) is 0 Å². The van der Waals surface area contributed by atoms with Crippen molar-refractivity contribution in [2.75, 3.05) is 6.61 Å². The van der Waals surface area contributed by atoms with Gasteiger partial charge in [-0.05, 0) is 42.5 Å². The van der Waals surface area contributed by atoms with Crippen molar-refractivity contribution in [3.05, 3.63) is 70.4 Å². The van der Waals surface area contributed by atoms with Crippen molar-refractivity contribution in [3.8, 4) is 17.1 Å².